The summed E-state index contributed by atoms with van der Waals surface area (Å²) in [7, 11) is -1.85. The third kappa shape index (κ3) is 3.64. The average Bonchev–Trinajstić information content (AvgIpc) is 2.85. The van der Waals surface area contributed by atoms with Crippen molar-refractivity contribution in [1.82, 2.24) is 14.5 Å². The van der Waals surface area contributed by atoms with Gasteiger partial charge < -0.3 is 4.90 Å². The third-order valence-electron chi connectivity index (χ3n) is 5.19. The van der Waals surface area contributed by atoms with Crippen molar-refractivity contribution in [2.24, 2.45) is 7.05 Å². The zero-order chi connectivity index (χ0) is 19.9. The van der Waals surface area contributed by atoms with Gasteiger partial charge in [0.05, 0.1) is 10.6 Å². The van der Waals surface area contributed by atoms with Crippen LogP contribution in [0.1, 0.15) is 48.8 Å². The number of hydrogen-bond donors (Lipinski definition) is 1. The van der Waals surface area contributed by atoms with Gasteiger partial charge in [0.25, 0.3) is 0 Å². The summed E-state index contributed by atoms with van der Waals surface area (Å²) >= 11 is 0. The van der Waals surface area contributed by atoms with Crippen molar-refractivity contribution < 1.29 is 13.2 Å². The maximum absolute atomic E-state index is 12.9. The number of fused-ring (bicyclic) bond motifs is 1. The van der Waals surface area contributed by atoms with Crippen molar-refractivity contribution in [2.75, 3.05) is 11.4 Å². The lowest BCUT2D eigenvalue weighted by molar-refractivity contribution is -0.116. The molecule has 1 atom stereocenters. The fourth-order valence-electron chi connectivity index (χ4n) is 3.84. The van der Waals surface area contributed by atoms with Crippen molar-refractivity contribution >= 4 is 21.6 Å². The van der Waals surface area contributed by atoms with E-state index in [1.807, 2.05) is 27.8 Å². The molecule has 1 aromatic heterocycles. The first kappa shape index (κ1) is 19.6. The molecular formula is C19H26N4O3S. The van der Waals surface area contributed by atoms with E-state index in [0.29, 0.717) is 6.54 Å². The van der Waals surface area contributed by atoms with Gasteiger partial charge in [-0.1, -0.05) is 0 Å². The van der Waals surface area contributed by atoms with E-state index in [-0.39, 0.29) is 10.8 Å². The van der Waals surface area contributed by atoms with Gasteiger partial charge in [0.15, 0.2) is 0 Å². The van der Waals surface area contributed by atoms with Crippen LogP contribution < -0.4 is 9.62 Å². The Hall–Kier alpha value is -2.19. The number of nitrogens with one attached hydrogen (secondary N) is 1. The van der Waals surface area contributed by atoms with Crippen molar-refractivity contribution in [3.05, 3.63) is 40.7 Å². The van der Waals surface area contributed by atoms with E-state index < -0.39 is 16.1 Å². The molecule has 0 saturated heterocycles. The van der Waals surface area contributed by atoms with E-state index in [0.717, 1.165) is 41.0 Å². The number of benzene rings is 1. The highest BCUT2D eigenvalue weighted by molar-refractivity contribution is 7.89. The highest BCUT2D eigenvalue weighted by atomic mass is 32.2. The average molecular weight is 391 g/mol. The van der Waals surface area contributed by atoms with E-state index in [4.69, 9.17) is 0 Å². The normalized spacial score (nSPS) is 15.5. The van der Waals surface area contributed by atoms with Crippen LogP contribution in [-0.2, 0) is 28.3 Å². The van der Waals surface area contributed by atoms with Crippen LogP contribution in [0.4, 0.5) is 5.69 Å². The zero-order valence-electron chi connectivity index (χ0n) is 16.4. The number of aromatic nitrogens is 2. The predicted octanol–water partition coefficient (Wildman–Crippen LogP) is 2.38. The van der Waals surface area contributed by atoms with Crippen LogP contribution in [-0.4, -0.2) is 30.7 Å². The molecule has 1 N–H and O–H groups in total. The topological polar surface area (TPSA) is 84.3 Å². The summed E-state index contributed by atoms with van der Waals surface area (Å²) in [6.45, 7) is 7.83. The first-order valence-corrected chi connectivity index (χ1v) is 10.5. The van der Waals surface area contributed by atoms with Gasteiger partial charge in [-0.05, 0) is 57.4 Å². The van der Waals surface area contributed by atoms with Gasteiger partial charge in [0.2, 0.25) is 15.9 Å². The maximum Gasteiger partial charge on any atom is 0.241 e. The molecule has 146 valence electrons. The van der Waals surface area contributed by atoms with Gasteiger partial charge in [-0.15, -0.1) is 0 Å². The minimum atomic E-state index is -3.69. The predicted molar refractivity (Wildman–Crippen MR) is 104 cm³/mol. The molecule has 1 amide bonds. The Morgan fingerprint density at radius 2 is 2.00 bits per heavy atom. The molecule has 3 rings (SSSR count). The summed E-state index contributed by atoms with van der Waals surface area (Å²) in [5.41, 5.74) is 4.33. The fraction of sp³-hybridized carbons (Fsp3) is 0.474. The number of amides is 1. The molecule has 0 radical (unpaired) electrons. The molecule has 1 aromatic carbocycles. The monoisotopic (exact) mass is 390 g/mol. The lowest BCUT2D eigenvalue weighted by Gasteiger charge is -2.29. The maximum atomic E-state index is 12.9. The second kappa shape index (κ2) is 7.09. The van der Waals surface area contributed by atoms with Crippen LogP contribution in [0.5, 0.6) is 0 Å². The molecule has 8 heteroatoms. The molecule has 0 fully saturated rings. The molecule has 27 heavy (non-hydrogen) atoms. The highest BCUT2D eigenvalue weighted by Gasteiger charge is 2.26. The summed E-state index contributed by atoms with van der Waals surface area (Å²) < 4.78 is 30.4. The first-order chi connectivity index (χ1) is 12.6. The number of hydrogen-bond acceptors (Lipinski definition) is 4. The minimum absolute atomic E-state index is 0.0270. The van der Waals surface area contributed by atoms with Crippen molar-refractivity contribution in [2.45, 2.75) is 51.5 Å². The molecule has 0 aliphatic carbocycles. The lowest BCUT2D eigenvalue weighted by Crippen LogP contribution is -2.34. The third-order valence-corrected chi connectivity index (χ3v) is 6.73. The van der Waals surface area contributed by atoms with Crippen molar-refractivity contribution in [3.63, 3.8) is 0 Å². The SMILES string of the molecule is CC(=O)N1CCCc2cc(S(=O)(=O)N[C@H](C)c3c(C)nn(C)c3C)ccc21. The molecule has 0 saturated carbocycles. The van der Waals surface area contributed by atoms with E-state index in [1.165, 1.54) is 6.92 Å². The molecule has 0 spiro atoms. The van der Waals surface area contributed by atoms with Gasteiger partial charge in [0, 0.05) is 43.5 Å². The summed E-state index contributed by atoms with van der Waals surface area (Å²) in [5.74, 6) is -0.0270. The highest BCUT2D eigenvalue weighted by Crippen LogP contribution is 2.30. The van der Waals surface area contributed by atoms with E-state index in [9.17, 15) is 13.2 Å². The Kier molecular flexibility index (Phi) is 5.14. The number of aryl methyl sites for hydroxylation is 3. The number of anilines is 1. The number of carbonyl (C=O) groups is 1. The summed E-state index contributed by atoms with van der Waals surface area (Å²) in [4.78, 5) is 13.7. The summed E-state index contributed by atoms with van der Waals surface area (Å²) in [5, 5.41) is 4.36. The largest absolute Gasteiger partial charge is 0.312 e. The second-order valence-electron chi connectivity index (χ2n) is 7.12. The molecule has 7 nitrogen and oxygen atoms in total. The van der Waals surface area contributed by atoms with Crippen LogP contribution in [0.25, 0.3) is 0 Å². The van der Waals surface area contributed by atoms with Crippen molar-refractivity contribution in [3.8, 4) is 0 Å². The van der Waals surface area contributed by atoms with Crippen LogP contribution in [0, 0.1) is 13.8 Å². The lowest BCUT2D eigenvalue weighted by atomic mass is 10.0. The Balaban J connectivity index is 1.90. The number of rotatable bonds is 4. The van der Waals surface area contributed by atoms with Crippen LogP contribution in [0.3, 0.4) is 0 Å². The molecule has 0 unspecified atom stereocenters. The standard InChI is InChI=1S/C19H26N4O3S/c1-12-19(14(3)22(5)20-12)13(2)21-27(25,26)17-8-9-18-16(11-17)7-6-10-23(18)15(4)24/h8-9,11,13,21H,6-7,10H2,1-5H3/t13-/m1/s1. The summed E-state index contributed by atoms with van der Waals surface area (Å²) in [6.07, 6.45) is 1.59. The number of sulfonamides is 1. The Morgan fingerprint density at radius 3 is 2.59 bits per heavy atom. The smallest absolute Gasteiger partial charge is 0.241 e. The van der Waals surface area contributed by atoms with Crippen LogP contribution in [0.15, 0.2) is 23.1 Å². The van der Waals surface area contributed by atoms with Gasteiger partial charge in [-0.3, -0.25) is 9.48 Å². The van der Waals surface area contributed by atoms with Gasteiger partial charge in [-0.2, -0.15) is 5.10 Å². The van der Waals surface area contributed by atoms with Gasteiger partial charge in [-0.25, -0.2) is 13.1 Å². The minimum Gasteiger partial charge on any atom is -0.312 e. The van der Waals surface area contributed by atoms with Crippen molar-refractivity contribution in [1.29, 1.82) is 0 Å². The first-order valence-electron chi connectivity index (χ1n) is 9.05. The molecule has 0 bridgehead atoms. The fourth-order valence-corrected chi connectivity index (χ4v) is 5.11. The number of carbonyl (C=O) groups excluding carboxylic acids is 1. The Labute approximate surface area is 160 Å². The Morgan fingerprint density at radius 1 is 1.30 bits per heavy atom. The molecule has 2 aromatic rings. The molecule has 1 aliphatic rings. The quantitative estimate of drug-likeness (QED) is 0.869. The molecule has 1 aliphatic heterocycles. The van der Waals surface area contributed by atoms with E-state index in [1.54, 1.807) is 27.8 Å². The van der Waals surface area contributed by atoms with Gasteiger partial charge in [0.1, 0.15) is 0 Å². The zero-order valence-corrected chi connectivity index (χ0v) is 17.2. The van der Waals surface area contributed by atoms with E-state index >= 15 is 0 Å². The Bertz CT molecular complexity index is 995. The van der Waals surface area contributed by atoms with Gasteiger partial charge >= 0.3 is 0 Å². The molecular weight excluding hydrogens is 364 g/mol. The van der Waals surface area contributed by atoms with Crippen LogP contribution in [0.2, 0.25) is 0 Å². The van der Waals surface area contributed by atoms with E-state index in [2.05, 4.69) is 9.82 Å². The summed E-state index contributed by atoms with van der Waals surface area (Å²) in [6, 6.07) is 4.59. The second-order valence-corrected chi connectivity index (χ2v) is 8.83. The molecule has 2 heterocycles. The number of nitrogens with zero attached hydrogens (tertiary/aromatic N) is 3. The van der Waals surface area contributed by atoms with Crippen LogP contribution >= 0.6 is 0 Å².